The van der Waals surface area contributed by atoms with Gasteiger partial charge < -0.3 is 20.5 Å². The van der Waals surface area contributed by atoms with Gasteiger partial charge in [-0.1, -0.05) is 25.7 Å². The van der Waals surface area contributed by atoms with Gasteiger partial charge in [-0.15, -0.1) is 0 Å². The lowest BCUT2D eigenvalue weighted by molar-refractivity contribution is 0.0321. The summed E-state index contributed by atoms with van der Waals surface area (Å²) >= 11 is 0. The molecule has 1 aliphatic carbocycles. The number of aliphatic hydroxyl groups is 1. The quantitative estimate of drug-likeness (QED) is 0.674. The molecule has 1 fully saturated rings. The Balaban J connectivity index is 2.45. The maximum Gasteiger partial charge on any atom is 0.0899 e. The SMILES string of the molecule is COCC(O)CN(C)CC1(CN)CCCCCC1. The van der Waals surface area contributed by atoms with Crippen molar-refractivity contribution in [2.24, 2.45) is 11.1 Å². The number of hydrogen-bond acceptors (Lipinski definition) is 4. The second kappa shape index (κ2) is 8.10. The first kappa shape index (κ1) is 15.9. The van der Waals surface area contributed by atoms with Crippen LogP contribution in [0.1, 0.15) is 38.5 Å². The summed E-state index contributed by atoms with van der Waals surface area (Å²) in [6.07, 6.45) is 7.34. The minimum atomic E-state index is -0.402. The molecule has 4 nitrogen and oxygen atoms in total. The van der Waals surface area contributed by atoms with Crippen LogP contribution in [0.4, 0.5) is 0 Å². The van der Waals surface area contributed by atoms with E-state index in [0.29, 0.717) is 13.2 Å². The summed E-state index contributed by atoms with van der Waals surface area (Å²) in [5, 5.41) is 9.76. The molecule has 0 aromatic heterocycles. The Kier molecular flexibility index (Phi) is 7.15. The molecule has 18 heavy (non-hydrogen) atoms. The molecule has 0 aromatic rings. The Morgan fingerprint density at radius 1 is 1.28 bits per heavy atom. The van der Waals surface area contributed by atoms with Crippen LogP contribution in [0.5, 0.6) is 0 Å². The van der Waals surface area contributed by atoms with Gasteiger partial charge >= 0.3 is 0 Å². The highest BCUT2D eigenvalue weighted by Crippen LogP contribution is 2.34. The van der Waals surface area contributed by atoms with Crippen LogP contribution in [0.3, 0.4) is 0 Å². The van der Waals surface area contributed by atoms with Gasteiger partial charge in [-0.3, -0.25) is 0 Å². The number of nitrogens with two attached hydrogens (primary N) is 1. The molecule has 0 aliphatic heterocycles. The topological polar surface area (TPSA) is 58.7 Å². The minimum absolute atomic E-state index is 0.262. The normalized spacial score (nSPS) is 21.8. The fourth-order valence-electron chi connectivity index (χ4n) is 3.15. The molecule has 0 spiro atoms. The first-order valence-corrected chi connectivity index (χ1v) is 7.17. The fraction of sp³-hybridized carbons (Fsp3) is 1.00. The lowest BCUT2D eigenvalue weighted by Gasteiger charge is -2.36. The van der Waals surface area contributed by atoms with Crippen molar-refractivity contribution in [1.82, 2.24) is 4.90 Å². The van der Waals surface area contributed by atoms with Crippen molar-refractivity contribution < 1.29 is 9.84 Å². The highest BCUT2D eigenvalue weighted by Gasteiger charge is 2.31. The van der Waals surface area contributed by atoms with Gasteiger partial charge in [-0.2, -0.15) is 0 Å². The smallest absolute Gasteiger partial charge is 0.0899 e. The van der Waals surface area contributed by atoms with Gasteiger partial charge in [0.25, 0.3) is 0 Å². The van der Waals surface area contributed by atoms with Crippen LogP contribution in [0.25, 0.3) is 0 Å². The van der Waals surface area contributed by atoms with Crippen LogP contribution >= 0.6 is 0 Å². The molecule has 0 aromatic carbocycles. The Morgan fingerprint density at radius 2 is 1.89 bits per heavy atom. The van der Waals surface area contributed by atoms with E-state index in [0.717, 1.165) is 13.1 Å². The van der Waals surface area contributed by atoms with Crippen molar-refractivity contribution >= 4 is 0 Å². The Hall–Kier alpha value is -0.160. The van der Waals surface area contributed by atoms with Crippen LogP contribution in [-0.2, 0) is 4.74 Å². The first-order valence-electron chi connectivity index (χ1n) is 7.17. The predicted octanol–water partition coefficient (Wildman–Crippen LogP) is 1.22. The molecular weight excluding hydrogens is 228 g/mol. The zero-order valence-corrected chi connectivity index (χ0v) is 12.0. The van der Waals surface area contributed by atoms with Crippen molar-refractivity contribution in [3.63, 3.8) is 0 Å². The Labute approximate surface area is 111 Å². The van der Waals surface area contributed by atoms with Gasteiger partial charge in [-0.25, -0.2) is 0 Å². The summed E-state index contributed by atoms with van der Waals surface area (Å²) in [5.41, 5.74) is 6.29. The molecule has 1 saturated carbocycles. The molecule has 0 heterocycles. The van der Waals surface area contributed by atoms with Crippen molar-refractivity contribution in [2.45, 2.75) is 44.6 Å². The monoisotopic (exact) mass is 258 g/mol. The highest BCUT2D eigenvalue weighted by molar-refractivity contribution is 4.85. The average molecular weight is 258 g/mol. The second-order valence-corrected chi connectivity index (χ2v) is 5.92. The van der Waals surface area contributed by atoms with E-state index in [1.165, 1.54) is 38.5 Å². The molecule has 108 valence electrons. The van der Waals surface area contributed by atoms with Crippen LogP contribution in [-0.4, -0.2) is 56.5 Å². The molecule has 0 saturated heterocycles. The summed E-state index contributed by atoms with van der Waals surface area (Å²) in [6, 6.07) is 0. The third-order valence-electron chi connectivity index (χ3n) is 4.08. The van der Waals surface area contributed by atoms with E-state index in [2.05, 4.69) is 11.9 Å². The zero-order chi connectivity index (χ0) is 13.4. The van der Waals surface area contributed by atoms with E-state index in [9.17, 15) is 5.11 Å². The number of likely N-dealkylation sites (N-methyl/N-ethyl adjacent to an activating group) is 1. The van der Waals surface area contributed by atoms with Crippen molar-refractivity contribution in [3.8, 4) is 0 Å². The maximum atomic E-state index is 9.76. The highest BCUT2D eigenvalue weighted by atomic mass is 16.5. The van der Waals surface area contributed by atoms with Crippen LogP contribution in [0, 0.1) is 5.41 Å². The van der Waals surface area contributed by atoms with Crippen molar-refractivity contribution in [1.29, 1.82) is 0 Å². The Morgan fingerprint density at radius 3 is 2.39 bits per heavy atom. The summed E-state index contributed by atoms with van der Waals surface area (Å²) in [7, 11) is 3.69. The van der Waals surface area contributed by atoms with Gasteiger partial charge in [0.15, 0.2) is 0 Å². The van der Waals surface area contributed by atoms with Gasteiger partial charge in [0.05, 0.1) is 12.7 Å². The molecule has 1 atom stereocenters. The fourth-order valence-corrected chi connectivity index (χ4v) is 3.15. The lowest BCUT2D eigenvalue weighted by atomic mass is 9.80. The van der Waals surface area contributed by atoms with Gasteiger partial charge in [-0.05, 0) is 31.8 Å². The van der Waals surface area contributed by atoms with E-state index in [1.807, 2.05) is 0 Å². The summed E-state index contributed by atoms with van der Waals surface area (Å²) in [5.74, 6) is 0. The first-order chi connectivity index (χ1) is 8.62. The van der Waals surface area contributed by atoms with Gasteiger partial charge in [0.2, 0.25) is 0 Å². The minimum Gasteiger partial charge on any atom is -0.389 e. The molecule has 1 aliphatic rings. The van der Waals surface area contributed by atoms with Gasteiger partial charge in [0, 0.05) is 20.2 Å². The molecule has 1 unspecified atom stereocenters. The van der Waals surface area contributed by atoms with E-state index < -0.39 is 6.10 Å². The lowest BCUT2D eigenvalue weighted by Crippen LogP contribution is -2.43. The molecule has 3 N–H and O–H groups in total. The van der Waals surface area contributed by atoms with E-state index >= 15 is 0 Å². The average Bonchev–Trinajstić information content (AvgIpc) is 2.55. The van der Waals surface area contributed by atoms with E-state index in [-0.39, 0.29) is 5.41 Å². The Bertz CT molecular complexity index is 216. The van der Waals surface area contributed by atoms with E-state index in [1.54, 1.807) is 7.11 Å². The third kappa shape index (κ3) is 5.22. The number of rotatable bonds is 7. The van der Waals surface area contributed by atoms with Crippen LogP contribution in [0.15, 0.2) is 0 Å². The molecule has 0 bridgehead atoms. The number of methoxy groups -OCH3 is 1. The van der Waals surface area contributed by atoms with E-state index in [4.69, 9.17) is 10.5 Å². The van der Waals surface area contributed by atoms with Gasteiger partial charge in [0.1, 0.15) is 0 Å². The largest absolute Gasteiger partial charge is 0.389 e. The van der Waals surface area contributed by atoms with Crippen molar-refractivity contribution in [3.05, 3.63) is 0 Å². The van der Waals surface area contributed by atoms with Crippen molar-refractivity contribution in [2.75, 3.05) is 40.4 Å². The molecule has 0 radical (unpaired) electrons. The summed E-state index contributed by atoms with van der Waals surface area (Å²) in [6.45, 7) is 2.82. The maximum absolute atomic E-state index is 9.76. The number of hydrogen-bond donors (Lipinski definition) is 2. The zero-order valence-electron chi connectivity index (χ0n) is 12.0. The number of ether oxygens (including phenoxy) is 1. The predicted molar refractivity (Wildman–Crippen MR) is 74.6 cm³/mol. The van der Waals surface area contributed by atoms with Crippen LogP contribution in [0.2, 0.25) is 0 Å². The second-order valence-electron chi connectivity index (χ2n) is 5.92. The number of aliphatic hydroxyl groups excluding tert-OH is 1. The number of nitrogens with zero attached hydrogens (tertiary/aromatic N) is 1. The molecular formula is C14H30N2O2. The standard InChI is InChI=1S/C14H30N2O2/c1-16(9-13(17)10-18-2)12-14(11-15)7-5-3-4-6-8-14/h13,17H,3-12,15H2,1-2H3. The molecule has 4 heteroatoms. The van der Waals surface area contributed by atoms with Crippen LogP contribution < -0.4 is 5.73 Å². The summed E-state index contributed by atoms with van der Waals surface area (Å²) < 4.78 is 4.96. The molecule has 1 rings (SSSR count). The summed E-state index contributed by atoms with van der Waals surface area (Å²) in [4.78, 5) is 2.21. The molecule has 0 amide bonds. The third-order valence-corrected chi connectivity index (χ3v) is 4.08.